The van der Waals surface area contributed by atoms with Crippen molar-refractivity contribution in [2.24, 2.45) is 4.99 Å². The van der Waals surface area contributed by atoms with Crippen molar-refractivity contribution < 1.29 is 9.47 Å². The van der Waals surface area contributed by atoms with Gasteiger partial charge in [-0.25, -0.2) is 10.1 Å². The van der Waals surface area contributed by atoms with Gasteiger partial charge in [-0.1, -0.05) is 6.07 Å². The number of nitrogens with one attached hydrogen (secondary N) is 2. The first kappa shape index (κ1) is 12.2. The molecule has 0 bridgehead atoms. The SMILES string of the molecule is O=c1[nH]nc2c3c(cccc13)NC(c1ccc3c(c1)OCO3)=N2. The number of nitrogens with zero attached hydrogens (tertiary/aromatic N) is 2. The number of fused-ring (bicyclic) bond motifs is 1. The van der Waals surface area contributed by atoms with Gasteiger partial charge in [-0.3, -0.25) is 4.79 Å². The van der Waals surface area contributed by atoms with Gasteiger partial charge in [0.15, 0.2) is 17.3 Å². The van der Waals surface area contributed by atoms with Gasteiger partial charge in [0.25, 0.3) is 5.56 Å². The van der Waals surface area contributed by atoms with E-state index in [9.17, 15) is 4.79 Å². The van der Waals surface area contributed by atoms with E-state index in [2.05, 4.69) is 20.5 Å². The van der Waals surface area contributed by atoms with E-state index in [4.69, 9.17) is 9.47 Å². The topological polar surface area (TPSA) is 88.6 Å². The van der Waals surface area contributed by atoms with Crippen LogP contribution in [0.5, 0.6) is 11.5 Å². The van der Waals surface area contributed by atoms with Crippen molar-refractivity contribution in [3.8, 4) is 11.5 Å². The summed E-state index contributed by atoms with van der Waals surface area (Å²) in [5, 5.41) is 11.1. The number of ether oxygens (including phenoxy) is 2. The van der Waals surface area contributed by atoms with Gasteiger partial charge >= 0.3 is 0 Å². The lowest BCUT2D eigenvalue weighted by atomic mass is 10.1. The first-order valence-corrected chi connectivity index (χ1v) is 7.07. The summed E-state index contributed by atoms with van der Waals surface area (Å²) < 4.78 is 10.7. The maximum atomic E-state index is 11.9. The molecule has 2 N–H and O–H groups in total. The number of H-pyrrole nitrogens is 1. The van der Waals surface area contributed by atoms with Crippen molar-refractivity contribution in [2.45, 2.75) is 0 Å². The van der Waals surface area contributed by atoms with E-state index < -0.39 is 0 Å². The lowest BCUT2D eigenvalue weighted by Gasteiger charge is -2.18. The monoisotopic (exact) mass is 306 g/mol. The quantitative estimate of drug-likeness (QED) is 0.719. The molecule has 5 rings (SSSR count). The van der Waals surface area contributed by atoms with E-state index in [1.54, 1.807) is 6.07 Å². The van der Waals surface area contributed by atoms with Crippen LogP contribution in [0.3, 0.4) is 0 Å². The van der Waals surface area contributed by atoms with Gasteiger partial charge < -0.3 is 14.8 Å². The molecule has 7 nitrogen and oxygen atoms in total. The summed E-state index contributed by atoms with van der Waals surface area (Å²) in [5.74, 6) is 2.53. The molecule has 2 aliphatic rings. The van der Waals surface area contributed by atoms with E-state index >= 15 is 0 Å². The maximum Gasteiger partial charge on any atom is 0.272 e. The van der Waals surface area contributed by atoms with Crippen LogP contribution in [0, 0.1) is 0 Å². The zero-order valence-electron chi connectivity index (χ0n) is 11.8. The molecule has 0 fully saturated rings. The molecular weight excluding hydrogens is 296 g/mol. The van der Waals surface area contributed by atoms with Crippen molar-refractivity contribution in [3.63, 3.8) is 0 Å². The number of aliphatic imine (C=N–C) groups is 1. The molecule has 0 amide bonds. The lowest BCUT2D eigenvalue weighted by Crippen LogP contribution is -2.19. The van der Waals surface area contributed by atoms with Crippen LogP contribution in [0.25, 0.3) is 10.8 Å². The predicted octanol–water partition coefficient (Wildman–Crippen LogP) is 2.16. The minimum absolute atomic E-state index is 0.226. The van der Waals surface area contributed by atoms with E-state index in [1.807, 2.05) is 30.3 Å². The fourth-order valence-corrected chi connectivity index (χ4v) is 2.83. The van der Waals surface area contributed by atoms with Crippen molar-refractivity contribution in [1.29, 1.82) is 0 Å². The average Bonchev–Trinajstić information content (AvgIpc) is 3.05. The summed E-state index contributed by atoms with van der Waals surface area (Å²) in [6.45, 7) is 0.226. The Bertz CT molecular complexity index is 1050. The Labute approximate surface area is 129 Å². The summed E-state index contributed by atoms with van der Waals surface area (Å²) in [6, 6.07) is 11.1. The Morgan fingerprint density at radius 1 is 1.09 bits per heavy atom. The Kier molecular flexibility index (Phi) is 2.30. The van der Waals surface area contributed by atoms with Crippen molar-refractivity contribution in [3.05, 3.63) is 52.3 Å². The lowest BCUT2D eigenvalue weighted by molar-refractivity contribution is 0.174. The molecule has 0 radical (unpaired) electrons. The van der Waals surface area contributed by atoms with E-state index in [1.165, 1.54) is 0 Å². The Balaban J connectivity index is 1.70. The molecule has 112 valence electrons. The molecule has 3 heterocycles. The van der Waals surface area contributed by atoms with Crippen LogP contribution in [0.15, 0.2) is 46.2 Å². The fraction of sp³-hybridized carbons (Fsp3) is 0.0625. The molecule has 0 saturated carbocycles. The Hall–Kier alpha value is -3.35. The van der Waals surface area contributed by atoms with Gasteiger partial charge in [-0.2, -0.15) is 5.10 Å². The summed E-state index contributed by atoms with van der Waals surface area (Å²) >= 11 is 0. The third-order valence-electron chi connectivity index (χ3n) is 3.91. The van der Waals surface area contributed by atoms with Crippen molar-refractivity contribution in [1.82, 2.24) is 10.2 Å². The number of hydrogen-bond acceptors (Lipinski definition) is 6. The van der Waals surface area contributed by atoms with Crippen LogP contribution < -0.4 is 20.3 Å². The van der Waals surface area contributed by atoms with Crippen LogP contribution in [0.4, 0.5) is 11.5 Å². The molecule has 0 aliphatic carbocycles. The number of amidine groups is 1. The summed E-state index contributed by atoms with van der Waals surface area (Å²) in [7, 11) is 0. The molecule has 0 saturated heterocycles. The second-order valence-corrected chi connectivity index (χ2v) is 5.26. The van der Waals surface area contributed by atoms with Gasteiger partial charge in [0.1, 0.15) is 5.84 Å². The molecule has 23 heavy (non-hydrogen) atoms. The minimum atomic E-state index is -0.228. The second kappa shape index (κ2) is 4.33. The molecule has 3 aromatic rings. The number of hydrogen-bond donors (Lipinski definition) is 2. The number of aromatic nitrogens is 2. The highest BCUT2D eigenvalue weighted by atomic mass is 16.7. The highest BCUT2D eigenvalue weighted by Crippen LogP contribution is 2.36. The Morgan fingerprint density at radius 2 is 2.00 bits per heavy atom. The largest absolute Gasteiger partial charge is 0.454 e. The number of anilines is 1. The van der Waals surface area contributed by atoms with E-state index in [0.29, 0.717) is 22.8 Å². The third-order valence-corrected chi connectivity index (χ3v) is 3.91. The summed E-state index contributed by atoms with van der Waals surface area (Å²) in [4.78, 5) is 16.4. The van der Waals surface area contributed by atoms with Crippen LogP contribution in [-0.2, 0) is 0 Å². The molecule has 0 unspecified atom stereocenters. The molecular formula is C16H10N4O3. The third kappa shape index (κ3) is 1.73. The molecule has 2 aliphatic heterocycles. The highest BCUT2D eigenvalue weighted by Gasteiger charge is 2.20. The predicted molar refractivity (Wildman–Crippen MR) is 84.7 cm³/mol. The van der Waals surface area contributed by atoms with E-state index in [-0.39, 0.29) is 12.4 Å². The number of benzene rings is 2. The molecule has 0 spiro atoms. The summed E-state index contributed by atoms with van der Waals surface area (Å²) in [5.41, 5.74) is 1.43. The minimum Gasteiger partial charge on any atom is -0.454 e. The molecule has 1 aromatic heterocycles. The second-order valence-electron chi connectivity index (χ2n) is 5.26. The number of aromatic amines is 1. The molecule has 0 atom stereocenters. The first-order valence-electron chi connectivity index (χ1n) is 7.07. The van der Waals surface area contributed by atoms with Crippen molar-refractivity contribution in [2.75, 3.05) is 12.1 Å². The van der Waals surface area contributed by atoms with Gasteiger partial charge in [0.2, 0.25) is 6.79 Å². The van der Waals surface area contributed by atoms with Gasteiger partial charge in [-0.15, -0.1) is 0 Å². The molecule has 7 heteroatoms. The van der Waals surface area contributed by atoms with Gasteiger partial charge in [0, 0.05) is 5.56 Å². The van der Waals surface area contributed by atoms with E-state index in [0.717, 1.165) is 22.4 Å². The van der Waals surface area contributed by atoms with Crippen LogP contribution in [0.2, 0.25) is 0 Å². The highest BCUT2D eigenvalue weighted by molar-refractivity contribution is 6.18. The zero-order chi connectivity index (χ0) is 15.4. The van der Waals surface area contributed by atoms with Crippen LogP contribution in [-0.4, -0.2) is 22.8 Å². The number of rotatable bonds is 1. The standard InChI is InChI=1S/C16H10N4O3/c21-16-9-2-1-3-10-13(9)15(19-20-16)18-14(17-10)8-4-5-11-12(6-8)23-7-22-11/h1-6H,7H2,(H,20,21)(H,17,18,19). The fourth-order valence-electron chi connectivity index (χ4n) is 2.83. The smallest absolute Gasteiger partial charge is 0.272 e. The van der Waals surface area contributed by atoms with Crippen molar-refractivity contribution >= 4 is 28.1 Å². The zero-order valence-corrected chi connectivity index (χ0v) is 11.8. The summed E-state index contributed by atoms with van der Waals surface area (Å²) in [6.07, 6.45) is 0. The first-order chi connectivity index (χ1) is 11.3. The molecule has 2 aromatic carbocycles. The van der Waals surface area contributed by atoms with Gasteiger partial charge in [-0.05, 0) is 30.3 Å². The Morgan fingerprint density at radius 3 is 2.96 bits per heavy atom. The average molecular weight is 306 g/mol. The van der Waals surface area contributed by atoms with Crippen LogP contribution >= 0.6 is 0 Å². The normalized spacial score (nSPS) is 14.5. The maximum absolute atomic E-state index is 11.9. The van der Waals surface area contributed by atoms with Crippen LogP contribution in [0.1, 0.15) is 5.56 Å². The van der Waals surface area contributed by atoms with Gasteiger partial charge in [0.05, 0.1) is 16.5 Å².